The number of H-pyrrole nitrogens is 1. The van der Waals surface area contributed by atoms with E-state index in [1.54, 1.807) is 6.07 Å². The number of halogens is 3. The lowest BCUT2D eigenvalue weighted by Crippen LogP contribution is -2.09. The minimum atomic E-state index is -4.45. The van der Waals surface area contributed by atoms with E-state index in [0.29, 0.717) is 16.5 Å². The van der Waals surface area contributed by atoms with Gasteiger partial charge in [-0.3, -0.25) is 4.98 Å². The minimum Gasteiger partial charge on any atom is -0.345 e. The van der Waals surface area contributed by atoms with E-state index in [4.69, 9.17) is 0 Å². The molecule has 0 aliphatic rings. The average Bonchev–Trinajstić information content (AvgIpc) is 3.16. The summed E-state index contributed by atoms with van der Waals surface area (Å²) >= 11 is 1.29. The molecule has 4 aromatic rings. The van der Waals surface area contributed by atoms with Crippen molar-refractivity contribution in [3.63, 3.8) is 0 Å². The van der Waals surface area contributed by atoms with Crippen molar-refractivity contribution in [2.24, 2.45) is 0 Å². The quantitative estimate of drug-likeness (QED) is 0.377. The molecule has 2 heterocycles. The molecule has 0 spiro atoms. The van der Waals surface area contributed by atoms with E-state index in [2.05, 4.69) is 25.9 Å². The number of fused-ring (bicyclic) bond motifs is 1. The van der Waals surface area contributed by atoms with E-state index >= 15 is 0 Å². The number of rotatable bonds is 5. The van der Waals surface area contributed by atoms with Gasteiger partial charge in [-0.25, -0.2) is 4.98 Å². The molecule has 0 atom stereocenters. The van der Waals surface area contributed by atoms with E-state index in [9.17, 15) is 13.2 Å². The fourth-order valence-electron chi connectivity index (χ4n) is 3.19. The van der Waals surface area contributed by atoms with Crippen LogP contribution in [0.3, 0.4) is 0 Å². The first-order valence-corrected chi connectivity index (χ1v) is 10.2. The van der Waals surface area contributed by atoms with Gasteiger partial charge in [0.1, 0.15) is 11.5 Å². The van der Waals surface area contributed by atoms with Crippen LogP contribution >= 0.6 is 11.8 Å². The molecule has 4 nitrogen and oxygen atoms in total. The number of alkyl halides is 3. The van der Waals surface area contributed by atoms with Crippen LogP contribution in [0.4, 0.5) is 24.5 Å². The van der Waals surface area contributed by atoms with E-state index in [1.165, 1.54) is 18.0 Å². The zero-order chi connectivity index (χ0) is 21.3. The topological polar surface area (TPSA) is 44.8 Å². The van der Waals surface area contributed by atoms with Crippen LogP contribution in [-0.2, 0) is 11.9 Å². The molecule has 0 bridgehead atoms. The first kappa shape index (κ1) is 20.3. The molecule has 0 unspecified atom stereocenters. The van der Waals surface area contributed by atoms with Gasteiger partial charge in [-0.05, 0) is 48.9 Å². The predicted molar refractivity (Wildman–Crippen MR) is 114 cm³/mol. The van der Waals surface area contributed by atoms with E-state index in [-0.39, 0.29) is 0 Å². The van der Waals surface area contributed by atoms with Gasteiger partial charge in [0.25, 0.3) is 0 Å². The van der Waals surface area contributed by atoms with Crippen molar-refractivity contribution < 1.29 is 13.2 Å². The summed E-state index contributed by atoms with van der Waals surface area (Å²) in [6.45, 7) is 2.00. The zero-order valence-corrected chi connectivity index (χ0v) is 17.2. The fourth-order valence-corrected chi connectivity index (χ4v) is 3.99. The Kier molecular flexibility index (Phi) is 5.42. The van der Waals surface area contributed by atoms with Crippen LogP contribution < -0.4 is 4.90 Å². The summed E-state index contributed by atoms with van der Waals surface area (Å²) in [7, 11) is 2.00. The van der Waals surface area contributed by atoms with Crippen molar-refractivity contribution in [3.8, 4) is 0 Å². The molecule has 0 radical (unpaired) electrons. The molecule has 2 aromatic carbocycles. The Balaban J connectivity index is 1.56. The van der Waals surface area contributed by atoms with Crippen molar-refractivity contribution in [1.82, 2.24) is 15.0 Å². The SMILES string of the molecule is Cc1cc(N(C)c2ccccc2)cc2[nH]c(CSc3ccnc(C(F)(F)F)c3)nc12. The molecular formula is C22H19F3N4S. The van der Waals surface area contributed by atoms with Crippen LogP contribution in [0.5, 0.6) is 0 Å². The highest BCUT2D eigenvalue weighted by Crippen LogP contribution is 2.32. The zero-order valence-electron chi connectivity index (χ0n) is 16.4. The number of aromatic amines is 1. The van der Waals surface area contributed by atoms with E-state index in [0.717, 1.165) is 34.0 Å². The van der Waals surface area contributed by atoms with E-state index in [1.807, 2.05) is 50.4 Å². The second kappa shape index (κ2) is 8.02. The predicted octanol–water partition coefficient (Wildman–Crippen LogP) is 6.35. The van der Waals surface area contributed by atoms with Gasteiger partial charge >= 0.3 is 6.18 Å². The van der Waals surface area contributed by atoms with Gasteiger partial charge in [0.15, 0.2) is 0 Å². The van der Waals surface area contributed by atoms with Gasteiger partial charge in [-0.2, -0.15) is 13.2 Å². The van der Waals surface area contributed by atoms with Crippen LogP contribution in [0.1, 0.15) is 17.1 Å². The lowest BCUT2D eigenvalue weighted by Gasteiger charge is -2.20. The highest BCUT2D eigenvalue weighted by atomic mass is 32.2. The number of aromatic nitrogens is 3. The van der Waals surface area contributed by atoms with Crippen molar-refractivity contribution in [1.29, 1.82) is 0 Å². The second-order valence-electron chi connectivity index (χ2n) is 6.90. The standard InChI is InChI=1S/C22H19F3N4S/c1-14-10-16(29(2)15-6-4-3-5-7-15)11-18-21(14)28-20(27-18)13-30-17-8-9-26-19(12-17)22(23,24)25/h3-12H,13H2,1-2H3,(H,27,28). The number of nitrogens with zero attached hydrogens (tertiary/aromatic N) is 3. The molecule has 0 saturated carbocycles. The summed E-state index contributed by atoms with van der Waals surface area (Å²) in [4.78, 5) is 13.9. The maximum Gasteiger partial charge on any atom is 0.433 e. The number of anilines is 2. The summed E-state index contributed by atoms with van der Waals surface area (Å²) < 4.78 is 38.5. The van der Waals surface area contributed by atoms with Gasteiger partial charge in [-0.1, -0.05) is 18.2 Å². The first-order chi connectivity index (χ1) is 14.3. The molecule has 0 aliphatic carbocycles. The number of pyridine rings is 1. The molecular weight excluding hydrogens is 409 g/mol. The summed E-state index contributed by atoms with van der Waals surface area (Å²) in [5.41, 5.74) is 4.00. The van der Waals surface area contributed by atoms with E-state index < -0.39 is 11.9 Å². The summed E-state index contributed by atoms with van der Waals surface area (Å²) in [5, 5.41) is 0. The number of nitrogens with one attached hydrogen (secondary N) is 1. The number of hydrogen-bond donors (Lipinski definition) is 1. The molecule has 8 heteroatoms. The highest BCUT2D eigenvalue weighted by Gasteiger charge is 2.32. The van der Waals surface area contributed by atoms with Crippen molar-refractivity contribution in [2.45, 2.75) is 23.7 Å². The van der Waals surface area contributed by atoms with Crippen LogP contribution in [-0.4, -0.2) is 22.0 Å². The molecule has 4 rings (SSSR count). The summed E-state index contributed by atoms with van der Waals surface area (Å²) in [6.07, 6.45) is -3.27. The van der Waals surface area contributed by atoms with Gasteiger partial charge in [0.2, 0.25) is 0 Å². The van der Waals surface area contributed by atoms with Gasteiger partial charge < -0.3 is 9.88 Å². The molecule has 0 saturated heterocycles. The monoisotopic (exact) mass is 428 g/mol. The summed E-state index contributed by atoms with van der Waals surface area (Å²) in [6, 6.07) is 16.8. The average molecular weight is 428 g/mol. The van der Waals surface area contributed by atoms with Gasteiger partial charge in [0.05, 0.1) is 16.8 Å². The van der Waals surface area contributed by atoms with Crippen LogP contribution in [0.2, 0.25) is 0 Å². The summed E-state index contributed by atoms with van der Waals surface area (Å²) in [5.74, 6) is 1.14. The Morgan fingerprint density at radius 1 is 1.03 bits per heavy atom. The molecule has 2 aromatic heterocycles. The Labute approximate surface area is 176 Å². The number of aryl methyl sites for hydroxylation is 1. The smallest absolute Gasteiger partial charge is 0.345 e. The molecule has 0 fully saturated rings. The normalized spacial score (nSPS) is 11.8. The van der Waals surface area contributed by atoms with Gasteiger partial charge in [0, 0.05) is 29.5 Å². The largest absolute Gasteiger partial charge is 0.433 e. The Morgan fingerprint density at radius 2 is 1.80 bits per heavy atom. The Bertz CT molecular complexity index is 1170. The third kappa shape index (κ3) is 4.28. The van der Waals surface area contributed by atoms with Crippen LogP contribution in [0, 0.1) is 6.92 Å². The van der Waals surface area contributed by atoms with Crippen molar-refractivity contribution in [2.75, 3.05) is 11.9 Å². The number of imidazole rings is 1. The van der Waals surface area contributed by atoms with Crippen molar-refractivity contribution >= 4 is 34.2 Å². The minimum absolute atomic E-state index is 0.430. The van der Waals surface area contributed by atoms with Crippen molar-refractivity contribution in [3.05, 3.63) is 77.9 Å². The Morgan fingerprint density at radius 3 is 2.53 bits per heavy atom. The third-order valence-electron chi connectivity index (χ3n) is 4.74. The van der Waals surface area contributed by atoms with Gasteiger partial charge in [-0.15, -0.1) is 11.8 Å². The highest BCUT2D eigenvalue weighted by molar-refractivity contribution is 7.98. The fraction of sp³-hybridized carbons (Fsp3) is 0.182. The lowest BCUT2D eigenvalue weighted by atomic mass is 10.1. The number of benzene rings is 2. The Hall–Kier alpha value is -3.00. The second-order valence-corrected chi connectivity index (χ2v) is 7.95. The molecule has 1 N–H and O–H groups in total. The molecule has 0 amide bonds. The number of hydrogen-bond acceptors (Lipinski definition) is 4. The maximum absolute atomic E-state index is 12.8. The number of para-hydroxylation sites is 1. The van der Waals surface area contributed by atoms with Crippen LogP contribution in [0.25, 0.3) is 11.0 Å². The lowest BCUT2D eigenvalue weighted by molar-refractivity contribution is -0.141. The first-order valence-electron chi connectivity index (χ1n) is 9.25. The molecule has 30 heavy (non-hydrogen) atoms. The third-order valence-corrected chi connectivity index (χ3v) is 5.74. The number of thioether (sulfide) groups is 1. The molecule has 154 valence electrons. The molecule has 0 aliphatic heterocycles. The maximum atomic E-state index is 12.8. The van der Waals surface area contributed by atoms with Crippen LogP contribution in [0.15, 0.2) is 65.7 Å².